The van der Waals surface area contributed by atoms with Crippen molar-refractivity contribution in [2.75, 3.05) is 18.0 Å². The average molecular weight is 237 g/mol. The van der Waals surface area contributed by atoms with E-state index in [1.807, 2.05) is 11.0 Å². The van der Waals surface area contributed by atoms with Crippen LogP contribution in [0.5, 0.6) is 0 Å². The number of amides is 1. The molecule has 1 aliphatic rings. The van der Waals surface area contributed by atoms with Crippen LogP contribution in [0.15, 0.2) is 18.3 Å². The number of hydrogen-bond acceptors (Lipinski definition) is 4. The van der Waals surface area contributed by atoms with Crippen LogP contribution < -0.4 is 5.73 Å². The van der Waals surface area contributed by atoms with Crippen LogP contribution >= 0.6 is 12.6 Å². The maximum atomic E-state index is 11.7. The number of anilines is 1. The maximum Gasteiger partial charge on any atom is 0.223 e. The van der Waals surface area contributed by atoms with Crippen LogP contribution in [0.25, 0.3) is 0 Å². The summed E-state index contributed by atoms with van der Waals surface area (Å²) in [5, 5.41) is 0. The average Bonchev–Trinajstić information content (AvgIpc) is 2.60. The zero-order valence-corrected chi connectivity index (χ0v) is 9.86. The molecule has 86 valence electrons. The smallest absolute Gasteiger partial charge is 0.223 e. The Morgan fingerprint density at radius 3 is 3.06 bits per heavy atom. The summed E-state index contributed by atoms with van der Waals surface area (Å²) in [5.74, 6) is 1.85. The van der Waals surface area contributed by atoms with Gasteiger partial charge in [-0.05, 0) is 29.4 Å². The molecule has 1 aromatic rings. The molecular formula is C11H15N3OS. The van der Waals surface area contributed by atoms with E-state index in [0.717, 1.165) is 17.9 Å². The van der Waals surface area contributed by atoms with Gasteiger partial charge in [0.15, 0.2) is 0 Å². The van der Waals surface area contributed by atoms with Gasteiger partial charge in [0, 0.05) is 25.7 Å². The van der Waals surface area contributed by atoms with Gasteiger partial charge in [0.2, 0.25) is 5.91 Å². The number of likely N-dealkylation sites (tertiary alicyclic amines) is 1. The summed E-state index contributed by atoms with van der Waals surface area (Å²) in [4.78, 5) is 17.5. The van der Waals surface area contributed by atoms with Crippen molar-refractivity contribution < 1.29 is 4.79 Å². The molecule has 0 saturated carbocycles. The number of thiol groups is 1. The van der Waals surface area contributed by atoms with Gasteiger partial charge in [-0.15, -0.1) is 0 Å². The van der Waals surface area contributed by atoms with E-state index in [1.165, 1.54) is 0 Å². The van der Waals surface area contributed by atoms with Crippen LogP contribution in [-0.2, 0) is 11.3 Å². The molecule has 1 amide bonds. The van der Waals surface area contributed by atoms with Gasteiger partial charge >= 0.3 is 0 Å². The third-order valence-electron chi connectivity index (χ3n) is 2.77. The predicted molar refractivity (Wildman–Crippen MR) is 66.0 cm³/mol. The Kier molecular flexibility index (Phi) is 3.33. The van der Waals surface area contributed by atoms with E-state index in [9.17, 15) is 4.79 Å². The number of rotatable bonds is 3. The summed E-state index contributed by atoms with van der Waals surface area (Å²) >= 11 is 4.23. The highest BCUT2D eigenvalue weighted by Gasteiger charge is 2.28. The van der Waals surface area contributed by atoms with Crippen LogP contribution in [0.1, 0.15) is 12.0 Å². The Morgan fingerprint density at radius 2 is 2.44 bits per heavy atom. The molecule has 0 aliphatic carbocycles. The lowest BCUT2D eigenvalue weighted by Gasteiger charge is -2.16. The summed E-state index contributed by atoms with van der Waals surface area (Å²) in [6, 6.07) is 3.69. The van der Waals surface area contributed by atoms with Crippen molar-refractivity contribution in [3.05, 3.63) is 23.9 Å². The number of pyridine rings is 1. The maximum absolute atomic E-state index is 11.7. The second-order valence-electron chi connectivity index (χ2n) is 4.12. The second kappa shape index (κ2) is 4.74. The summed E-state index contributed by atoms with van der Waals surface area (Å²) in [6.07, 6.45) is 2.28. The number of aromatic nitrogens is 1. The lowest BCUT2D eigenvalue weighted by Crippen LogP contribution is -2.24. The third-order valence-corrected chi connectivity index (χ3v) is 3.29. The van der Waals surface area contributed by atoms with Crippen molar-refractivity contribution in [2.24, 2.45) is 5.92 Å². The van der Waals surface area contributed by atoms with E-state index < -0.39 is 0 Å². The van der Waals surface area contributed by atoms with Gasteiger partial charge < -0.3 is 10.6 Å². The number of hydrogen-bond donors (Lipinski definition) is 2. The molecule has 0 spiro atoms. The molecule has 0 bridgehead atoms. The van der Waals surface area contributed by atoms with Gasteiger partial charge in [-0.2, -0.15) is 12.6 Å². The second-order valence-corrected chi connectivity index (χ2v) is 4.48. The van der Waals surface area contributed by atoms with Gasteiger partial charge in [0.1, 0.15) is 5.82 Å². The summed E-state index contributed by atoms with van der Waals surface area (Å²) in [7, 11) is 0. The Hall–Kier alpha value is -1.23. The molecule has 5 heteroatoms. The molecule has 1 atom stereocenters. The van der Waals surface area contributed by atoms with E-state index in [-0.39, 0.29) is 5.91 Å². The van der Waals surface area contributed by atoms with Gasteiger partial charge in [0.25, 0.3) is 0 Å². The Balaban J connectivity index is 2.03. The lowest BCUT2D eigenvalue weighted by atomic mass is 10.1. The Bertz CT molecular complexity index is 397. The largest absolute Gasteiger partial charge is 0.384 e. The highest BCUT2D eigenvalue weighted by Crippen LogP contribution is 2.21. The number of carbonyl (C=O) groups excluding carboxylic acids is 1. The molecule has 1 unspecified atom stereocenters. The fourth-order valence-electron chi connectivity index (χ4n) is 1.94. The van der Waals surface area contributed by atoms with Crippen LogP contribution in [0.2, 0.25) is 0 Å². The molecule has 1 saturated heterocycles. The molecule has 0 radical (unpaired) electrons. The molecule has 0 aromatic carbocycles. The van der Waals surface area contributed by atoms with E-state index >= 15 is 0 Å². The van der Waals surface area contributed by atoms with Crippen molar-refractivity contribution in [1.29, 1.82) is 0 Å². The summed E-state index contributed by atoms with van der Waals surface area (Å²) in [5.41, 5.74) is 6.62. The molecular weight excluding hydrogens is 222 g/mol. The van der Waals surface area contributed by atoms with Crippen molar-refractivity contribution in [3.8, 4) is 0 Å². The summed E-state index contributed by atoms with van der Waals surface area (Å²) in [6.45, 7) is 1.42. The van der Waals surface area contributed by atoms with Gasteiger partial charge in [-0.25, -0.2) is 4.98 Å². The first-order valence-electron chi connectivity index (χ1n) is 5.28. The molecule has 1 aliphatic heterocycles. The minimum absolute atomic E-state index is 0.203. The molecule has 2 heterocycles. The van der Waals surface area contributed by atoms with E-state index in [4.69, 9.17) is 5.73 Å². The van der Waals surface area contributed by atoms with Crippen LogP contribution in [-0.4, -0.2) is 28.1 Å². The minimum Gasteiger partial charge on any atom is -0.384 e. The fraction of sp³-hybridized carbons (Fsp3) is 0.455. The molecule has 1 aromatic heterocycles. The van der Waals surface area contributed by atoms with Crippen molar-refractivity contribution >= 4 is 24.4 Å². The molecule has 2 rings (SSSR count). The van der Waals surface area contributed by atoms with Crippen molar-refractivity contribution in [2.45, 2.75) is 13.0 Å². The van der Waals surface area contributed by atoms with E-state index in [1.54, 1.807) is 12.3 Å². The number of nitrogens with two attached hydrogens (primary N) is 1. The van der Waals surface area contributed by atoms with Crippen LogP contribution in [0.3, 0.4) is 0 Å². The van der Waals surface area contributed by atoms with Gasteiger partial charge in [0.05, 0.1) is 0 Å². The van der Waals surface area contributed by atoms with Crippen molar-refractivity contribution in [1.82, 2.24) is 9.88 Å². The minimum atomic E-state index is 0.203. The highest BCUT2D eigenvalue weighted by atomic mass is 32.1. The topological polar surface area (TPSA) is 59.2 Å². The first kappa shape index (κ1) is 11.3. The molecule has 16 heavy (non-hydrogen) atoms. The fourth-order valence-corrected chi connectivity index (χ4v) is 2.19. The lowest BCUT2D eigenvalue weighted by molar-refractivity contribution is -0.128. The van der Waals surface area contributed by atoms with Gasteiger partial charge in [-0.1, -0.05) is 0 Å². The first-order valence-corrected chi connectivity index (χ1v) is 5.91. The molecule has 1 fully saturated rings. The van der Waals surface area contributed by atoms with Crippen molar-refractivity contribution in [3.63, 3.8) is 0 Å². The zero-order chi connectivity index (χ0) is 11.5. The van der Waals surface area contributed by atoms with Gasteiger partial charge in [-0.3, -0.25) is 4.79 Å². The quantitative estimate of drug-likeness (QED) is 0.769. The highest BCUT2D eigenvalue weighted by molar-refractivity contribution is 7.80. The zero-order valence-electron chi connectivity index (χ0n) is 8.97. The van der Waals surface area contributed by atoms with E-state index in [0.29, 0.717) is 24.7 Å². The SMILES string of the molecule is Nc1cc(CN2CC(CS)CC2=O)ccn1. The van der Waals surface area contributed by atoms with Crippen LogP contribution in [0.4, 0.5) is 5.82 Å². The predicted octanol–water partition coefficient (Wildman–Crippen LogP) is 0.942. The summed E-state index contributed by atoms with van der Waals surface area (Å²) < 4.78 is 0. The molecule has 2 N–H and O–H groups in total. The normalized spacial score (nSPS) is 20.4. The van der Waals surface area contributed by atoms with Crippen LogP contribution in [0, 0.1) is 5.92 Å². The first-order chi connectivity index (χ1) is 7.69. The number of nitrogens with zero attached hydrogens (tertiary/aromatic N) is 2. The Morgan fingerprint density at radius 1 is 1.62 bits per heavy atom. The third kappa shape index (κ3) is 2.47. The number of carbonyl (C=O) groups is 1. The van der Waals surface area contributed by atoms with E-state index in [2.05, 4.69) is 17.6 Å². The standard InChI is InChI=1S/C11H15N3OS/c12-10-3-8(1-2-13-10)5-14-6-9(7-16)4-11(14)15/h1-3,9,16H,4-7H2,(H2,12,13). The number of nitrogen functional groups attached to an aromatic ring is 1. The monoisotopic (exact) mass is 237 g/mol. The molecule has 4 nitrogen and oxygen atoms in total. The Labute approximate surface area is 100 Å².